The first-order valence-electron chi connectivity index (χ1n) is 19.2. The number of ether oxygens (including phenoxy) is 2. The van der Waals surface area contributed by atoms with E-state index in [0.29, 0.717) is 24.2 Å². The number of benzene rings is 3. The van der Waals surface area contributed by atoms with E-state index in [0.717, 1.165) is 16.3 Å². The van der Waals surface area contributed by atoms with Crippen LogP contribution in [0.25, 0.3) is 10.8 Å². The van der Waals surface area contributed by atoms with Crippen LogP contribution in [0.2, 0.25) is 0 Å². The molecule has 0 bridgehead atoms. The van der Waals surface area contributed by atoms with Crippen LogP contribution < -0.4 is 31.7 Å². The maximum absolute atomic E-state index is 14.3. The van der Waals surface area contributed by atoms with Crippen molar-refractivity contribution in [2.45, 2.75) is 109 Å². The minimum absolute atomic E-state index is 0.000990. The number of hydrogen-bond donors (Lipinski definition) is 6. The van der Waals surface area contributed by atoms with Crippen molar-refractivity contribution >= 4 is 46.5 Å². The highest BCUT2D eigenvalue weighted by atomic mass is 16.6. The number of rotatable bonds is 16. The third-order valence-electron chi connectivity index (χ3n) is 9.00. The third-order valence-corrected chi connectivity index (χ3v) is 9.00. The van der Waals surface area contributed by atoms with Gasteiger partial charge in [-0.15, -0.1) is 0 Å². The Morgan fingerprint density at radius 1 is 0.789 bits per heavy atom. The quantitative estimate of drug-likeness (QED) is 0.125. The molecule has 0 aliphatic carbocycles. The molecule has 57 heavy (non-hydrogen) atoms. The number of aliphatic carboxylic acids is 1. The molecule has 0 spiro atoms. The smallest absolute Gasteiger partial charge is 0.408 e. The lowest BCUT2D eigenvalue weighted by molar-refractivity contribution is -0.143. The van der Waals surface area contributed by atoms with Gasteiger partial charge in [0.2, 0.25) is 23.6 Å². The third kappa shape index (κ3) is 13.8. The van der Waals surface area contributed by atoms with Gasteiger partial charge in [-0.1, -0.05) is 54.6 Å². The highest BCUT2D eigenvalue weighted by molar-refractivity contribution is 5.96. The Balaban J connectivity index is 1.59. The monoisotopic (exact) mass is 788 g/mol. The van der Waals surface area contributed by atoms with E-state index >= 15 is 0 Å². The van der Waals surface area contributed by atoms with Gasteiger partial charge in [0.15, 0.2) is 0 Å². The van der Waals surface area contributed by atoms with Crippen LogP contribution in [0, 0.1) is 0 Å². The van der Waals surface area contributed by atoms with Crippen molar-refractivity contribution in [3.05, 3.63) is 77.9 Å². The normalized spacial score (nSPS) is 15.8. The predicted molar refractivity (Wildman–Crippen MR) is 214 cm³/mol. The number of carboxylic acid groups (broad SMARTS) is 1. The molecule has 1 aliphatic heterocycles. The zero-order valence-electron chi connectivity index (χ0n) is 33.6. The maximum Gasteiger partial charge on any atom is 0.408 e. The Bertz CT molecular complexity index is 1900. The number of alkyl carbamates (subject to hydrolysis) is 1. The number of carboxylic acids is 1. The Labute approximate surface area is 333 Å². The molecule has 3 aromatic carbocycles. The van der Waals surface area contributed by atoms with E-state index in [1.165, 1.54) is 4.90 Å². The van der Waals surface area contributed by atoms with Crippen molar-refractivity contribution in [2.24, 2.45) is 5.73 Å². The van der Waals surface area contributed by atoms with E-state index < -0.39 is 77.6 Å². The Kier molecular flexibility index (Phi) is 15.0. The van der Waals surface area contributed by atoms with Crippen LogP contribution in [0.4, 0.5) is 4.79 Å². The average Bonchev–Trinajstić information content (AvgIpc) is 3.62. The van der Waals surface area contributed by atoms with E-state index in [9.17, 15) is 28.8 Å². The molecule has 1 saturated heterocycles. The van der Waals surface area contributed by atoms with Crippen LogP contribution in [-0.2, 0) is 41.6 Å². The lowest BCUT2D eigenvalue weighted by atomic mass is 10.00. The molecule has 7 N–H and O–H groups in total. The molecule has 0 aromatic heterocycles. The van der Waals surface area contributed by atoms with E-state index in [-0.39, 0.29) is 32.4 Å². The zero-order valence-corrected chi connectivity index (χ0v) is 33.6. The van der Waals surface area contributed by atoms with Gasteiger partial charge in [-0.2, -0.15) is 0 Å². The van der Waals surface area contributed by atoms with Gasteiger partial charge in [0.1, 0.15) is 47.7 Å². The summed E-state index contributed by atoms with van der Waals surface area (Å²) in [5.74, 6) is -3.12. The topological polar surface area (TPSA) is 218 Å². The van der Waals surface area contributed by atoms with Crippen LogP contribution in [-0.4, -0.2) is 101 Å². The number of carbonyl (C=O) groups is 6. The van der Waals surface area contributed by atoms with Gasteiger partial charge in [-0.05, 0) is 101 Å². The SMILES string of the molecule is CC(C)(C)OC(=O)N[C@@H](Cc1ccc(OC(C)(C)C)cc1)C(=O)N[C@H](CCN)C(=O)N[C@@H](Cc1ccc2ccccc2c1)C(=O)N1CCC[C@@H]1C(=O)NCC(=O)O. The summed E-state index contributed by atoms with van der Waals surface area (Å²) < 4.78 is 11.4. The molecule has 308 valence electrons. The van der Waals surface area contributed by atoms with Crippen molar-refractivity contribution in [3.63, 3.8) is 0 Å². The molecule has 1 fully saturated rings. The van der Waals surface area contributed by atoms with Crippen LogP contribution in [0.15, 0.2) is 66.7 Å². The van der Waals surface area contributed by atoms with Gasteiger partial charge in [-0.3, -0.25) is 24.0 Å². The Morgan fingerprint density at radius 2 is 1.40 bits per heavy atom. The second-order valence-electron chi connectivity index (χ2n) is 16.1. The fourth-order valence-corrected chi connectivity index (χ4v) is 6.51. The molecule has 0 saturated carbocycles. The number of amides is 5. The van der Waals surface area contributed by atoms with Crippen molar-refractivity contribution in [3.8, 4) is 5.75 Å². The fraction of sp³-hybridized carbons (Fsp3) is 0.476. The Hall–Kier alpha value is -5.70. The van der Waals surface area contributed by atoms with E-state index in [1.807, 2.05) is 63.2 Å². The highest BCUT2D eigenvalue weighted by Gasteiger charge is 2.39. The number of nitrogens with two attached hydrogens (primary N) is 1. The summed E-state index contributed by atoms with van der Waals surface area (Å²) in [5.41, 5.74) is 6.08. The molecule has 0 unspecified atom stereocenters. The van der Waals surface area contributed by atoms with Gasteiger partial charge in [0.05, 0.1) is 0 Å². The van der Waals surface area contributed by atoms with Crippen molar-refractivity contribution in [1.29, 1.82) is 0 Å². The standard InChI is InChI=1S/C42H56N6O9/c1-41(2,3)56-30-17-14-26(15-18-30)23-32(47-40(55)57-42(4,5)6)37(52)45-31(19-20-43)36(51)46-33(24-27-13-16-28-10-7-8-11-29(28)22-27)39(54)48-21-9-12-34(48)38(53)44-25-35(49)50/h7-8,10-11,13-18,22,31-34H,9,12,19-21,23-25,43H2,1-6H3,(H,44,53)(H,45,52)(H,46,51)(H,47,55)(H,49,50)/t31-,32+,33+,34-/m1/s1. The van der Waals surface area contributed by atoms with Gasteiger partial charge in [0, 0.05) is 19.4 Å². The van der Waals surface area contributed by atoms with Crippen LogP contribution >= 0.6 is 0 Å². The van der Waals surface area contributed by atoms with Crippen LogP contribution in [0.1, 0.15) is 71.9 Å². The first-order valence-corrected chi connectivity index (χ1v) is 19.2. The summed E-state index contributed by atoms with van der Waals surface area (Å²) >= 11 is 0. The molecule has 1 aliphatic rings. The summed E-state index contributed by atoms with van der Waals surface area (Å²) in [5, 5.41) is 21.5. The lowest BCUT2D eigenvalue weighted by Crippen LogP contribution is -2.59. The van der Waals surface area contributed by atoms with Crippen molar-refractivity contribution < 1.29 is 43.3 Å². The molecular weight excluding hydrogens is 732 g/mol. The number of carbonyl (C=O) groups excluding carboxylic acids is 5. The van der Waals surface area contributed by atoms with Gasteiger partial charge < -0.3 is 46.5 Å². The molecule has 4 rings (SSSR count). The molecule has 0 radical (unpaired) electrons. The largest absolute Gasteiger partial charge is 0.488 e. The summed E-state index contributed by atoms with van der Waals surface area (Å²) in [6.07, 6.45) is 0.0767. The van der Waals surface area contributed by atoms with Gasteiger partial charge in [0.25, 0.3) is 0 Å². The molecule has 1 heterocycles. The molecule has 3 aromatic rings. The van der Waals surface area contributed by atoms with Crippen molar-refractivity contribution in [1.82, 2.24) is 26.2 Å². The fourth-order valence-electron chi connectivity index (χ4n) is 6.51. The predicted octanol–water partition coefficient (Wildman–Crippen LogP) is 3.21. The van der Waals surface area contributed by atoms with Gasteiger partial charge in [-0.25, -0.2) is 4.79 Å². The van der Waals surface area contributed by atoms with Crippen LogP contribution in [0.3, 0.4) is 0 Å². The second kappa shape index (κ2) is 19.4. The molecule has 4 atom stereocenters. The molecule has 5 amide bonds. The summed E-state index contributed by atoms with van der Waals surface area (Å²) in [7, 11) is 0. The summed E-state index contributed by atoms with van der Waals surface area (Å²) in [6.45, 7) is 10.5. The minimum Gasteiger partial charge on any atom is -0.488 e. The first-order chi connectivity index (χ1) is 26.8. The number of likely N-dealkylation sites (tertiary alicyclic amines) is 1. The first kappa shape index (κ1) is 44.0. The molecule has 15 nitrogen and oxygen atoms in total. The number of fused-ring (bicyclic) bond motifs is 1. The Morgan fingerprint density at radius 3 is 2.04 bits per heavy atom. The van der Waals surface area contributed by atoms with Crippen molar-refractivity contribution in [2.75, 3.05) is 19.6 Å². The van der Waals surface area contributed by atoms with E-state index in [1.54, 1.807) is 45.0 Å². The highest BCUT2D eigenvalue weighted by Crippen LogP contribution is 2.23. The zero-order chi connectivity index (χ0) is 41.9. The second-order valence-corrected chi connectivity index (χ2v) is 16.1. The minimum atomic E-state index is -1.22. The van der Waals surface area contributed by atoms with E-state index in [2.05, 4.69) is 21.3 Å². The number of nitrogens with one attached hydrogen (secondary N) is 4. The summed E-state index contributed by atoms with van der Waals surface area (Å²) in [6, 6.07) is 16.0. The van der Waals surface area contributed by atoms with Gasteiger partial charge >= 0.3 is 12.1 Å². The van der Waals surface area contributed by atoms with Crippen LogP contribution in [0.5, 0.6) is 5.75 Å². The number of hydrogen-bond acceptors (Lipinski definition) is 9. The molecule has 15 heteroatoms. The molecular formula is C42H56N6O9. The average molecular weight is 789 g/mol. The summed E-state index contributed by atoms with van der Waals surface area (Å²) in [4.78, 5) is 80.8. The number of nitrogens with zero attached hydrogens (tertiary/aromatic N) is 1. The maximum atomic E-state index is 14.3. The van der Waals surface area contributed by atoms with E-state index in [4.69, 9.17) is 20.3 Å². The lowest BCUT2D eigenvalue weighted by Gasteiger charge is -2.30.